The van der Waals surface area contributed by atoms with Crippen molar-refractivity contribution in [1.29, 1.82) is 0 Å². The van der Waals surface area contributed by atoms with Crippen LogP contribution >= 0.6 is 0 Å². The maximum absolute atomic E-state index is 14.4. The van der Waals surface area contributed by atoms with Crippen molar-refractivity contribution in [3.8, 4) is 17.2 Å². The summed E-state index contributed by atoms with van der Waals surface area (Å²) >= 11 is 0. The van der Waals surface area contributed by atoms with E-state index in [1.807, 2.05) is 0 Å². The number of carbonyl (C=O) groups is 2. The molecule has 0 unspecified atom stereocenters. The Morgan fingerprint density at radius 2 is 1.39 bits per heavy atom. The number of esters is 2. The SMILES string of the molecule is CCc1c(O)c(F)c(C)c(C(=O)Oc2c(C)c(C)c(C(=O)OCOC)c(C)c2C)c1O. The molecule has 168 valence electrons. The second-order valence-corrected chi connectivity index (χ2v) is 7.28. The molecule has 2 aromatic rings. The molecule has 0 saturated carbocycles. The third-order valence-corrected chi connectivity index (χ3v) is 5.54. The van der Waals surface area contributed by atoms with E-state index in [0.717, 1.165) is 0 Å². The molecule has 2 N–H and O–H groups in total. The smallest absolute Gasteiger partial charge is 0.347 e. The number of hydrogen-bond donors (Lipinski definition) is 2. The number of hydrogen-bond acceptors (Lipinski definition) is 7. The topological polar surface area (TPSA) is 102 Å². The second-order valence-electron chi connectivity index (χ2n) is 7.28. The lowest BCUT2D eigenvalue weighted by molar-refractivity contribution is -0.0126. The molecule has 0 saturated heterocycles. The average molecular weight is 434 g/mol. The highest BCUT2D eigenvalue weighted by Gasteiger charge is 2.28. The molecule has 31 heavy (non-hydrogen) atoms. The number of carbonyl (C=O) groups excluding carboxylic acids is 2. The number of aromatic hydroxyl groups is 2. The van der Waals surface area contributed by atoms with Crippen LogP contribution in [0.2, 0.25) is 0 Å². The van der Waals surface area contributed by atoms with E-state index in [-0.39, 0.29) is 35.7 Å². The molecular weight excluding hydrogens is 407 g/mol. The fourth-order valence-corrected chi connectivity index (χ4v) is 3.51. The van der Waals surface area contributed by atoms with Gasteiger partial charge in [-0.1, -0.05) is 6.92 Å². The minimum Gasteiger partial charge on any atom is -0.507 e. The van der Waals surface area contributed by atoms with Crippen LogP contribution in [0.15, 0.2) is 0 Å². The Morgan fingerprint density at radius 1 is 0.839 bits per heavy atom. The van der Waals surface area contributed by atoms with Gasteiger partial charge in [-0.3, -0.25) is 0 Å². The molecule has 0 spiro atoms. The Labute approximate surface area is 180 Å². The van der Waals surface area contributed by atoms with Gasteiger partial charge in [-0.15, -0.1) is 0 Å². The van der Waals surface area contributed by atoms with Crippen LogP contribution in [-0.2, 0) is 15.9 Å². The summed E-state index contributed by atoms with van der Waals surface area (Å²) in [7, 11) is 1.40. The van der Waals surface area contributed by atoms with Crippen LogP contribution in [0.25, 0.3) is 0 Å². The van der Waals surface area contributed by atoms with Crippen molar-refractivity contribution in [2.45, 2.75) is 48.0 Å². The Hall–Kier alpha value is -3.13. The van der Waals surface area contributed by atoms with Crippen LogP contribution in [0, 0.1) is 40.4 Å². The molecule has 8 heteroatoms. The Bertz CT molecular complexity index is 1030. The van der Waals surface area contributed by atoms with E-state index in [0.29, 0.717) is 27.8 Å². The molecule has 2 aromatic carbocycles. The number of phenols is 2. The first kappa shape index (κ1) is 24.1. The van der Waals surface area contributed by atoms with Crippen molar-refractivity contribution < 1.29 is 38.4 Å². The van der Waals surface area contributed by atoms with Gasteiger partial charge in [-0.05, 0) is 63.3 Å². The van der Waals surface area contributed by atoms with E-state index in [1.54, 1.807) is 34.6 Å². The molecular formula is C23H27FO7. The number of benzene rings is 2. The van der Waals surface area contributed by atoms with E-state index in [2.05, 4.69) is 0 Å². The molecule has 0 aliphatic carbocycles. The maximum Gasteiger partial charge on any atom is 0.347 e. The lowest BCUT2D eigenvalue weighted by Gasteiger charge is -2.20. The molecule has 0 amide bonds. The van der Waals surface area contributed by atoms with Crippen LogP contribution in [0.3, 0.4) is 0 Å². The summed E-state index contributed by atoms with van der Waals surface area (Å²) < 4.78 is 29.8. The van der Waals surface area contributed by atoms with Crippen LogP contribution in [-0.4, -0.2) is 36.1 Å². The zero-order chi connectivity index (χ0) is 23.6. The fraction of sp³-hybridized carbons (Fsp3) is 0.391. The minimum atomic E-state index is -0.987. The van der Waals surface area contributed by atoms with Crippen molar-refractivity contribution in [1.82, 2.24) is 0 Å². The molecule has 0 radical (unpaired) electrons. The second kappa shape index (κ2) is 9.34. The minimum absolute atomic E-state index is 0.0768. The summed E-state index contributed by atoms with van der Waals surface area (Å²) in [6.45, 7) is 9.44. The normalized spacial score (nSPS) is 10.8. The largest absolute Gasteiger partial charge is 0.507 e. The van der Waals surface area contributed by atoms with E-state index in [9.17, 15) is 24.2 Å². The number of rotatable bonds is 6. The van der Waals surface area contributed by atoms with Gasteiger partial charge in [0, 0.05) is 18.2 Å². The highest BCUT2D eigenvalue weighted by Crippen LogP contribution is 2.39. The molecule has 0 aromatic heterocycles. The average Bonchev–Trinajstić information content (AvgIpc) is 2.73. The molecule has 0 aliphatic rings. The van der Waals surface area contributed by atoms with Crippen LogP contribution in [0.4, 0.5) is 4.39 Å². The van der Waals surface area contributed by atoms with Crippen molar-refractivity contribution in [3.63, 3.8) is 0 Å². The first-order valence-corrected chi connectivity index (χ1v) is 9.70. The summed E-state index contributed by atoms with van der Waals surface area (Å²) in [6, 6.07) is 0. The summed E-state index contributed by atoms with van der Waals surface area (Å²) in [4.78, 5) is 25.4. The third-order valence-electron chi connectivity index (χ3n) is 5.54. The number of phenolic OH excluding ortho intramolecular Hbond substituents is 2. The van der Waals surface area contributed by atoms with Gasteiger partial charge in [0.25, 0.3) is 0 Å². The van der Waals surface area contributed by atoms with E-state index in [4.69, 9.17) is 14.2 Å². The van der Waals surface area contributed by atoms with Gasteiger partial charge >= 0.3 is 11.9 Å². The standard InChI is InChI=1S/C23H27FO7/c1-8-15-19(25)17(14(6)18(24)20(15)26)23(28)31-21-12(4)10(2)16(11(3)13(21)5)22(27)30-9-29-7/h25-26H,8-9H2,1-7H3. The molecule has 0 bridgehead atoms. The molecule has 2 rings (SSSR count). The van der Waals surface area contributed by atoms with Crippen LogP contribution in [0.5, 0.6) is 17.2 Å². The van der Waals surface area contributed by atoms with E-state index < -0.39 is 29.3 Å². The summed E-state index contributed by atoms with van der Waals surface area (Å²) in [6.07, 6.45) is 0.115. The lowest BCUT2D eigenvalue weighted by atomic mass is 9.93. The van der Waals surface area contributed by atoms with Crippen LogP contribution in [0.1, 0.15) is 61.0 Å². The van der Waals surface area contributed by atoms with Gasteiger partial charge in [-0.25, -0.2) is 14.0 Å². The highest BCUT2D eigenvalue weighted by atomic mass is 19.1. The van der Waals surface area contributed by atoms with Gasteiger partial charge in [0.05, 0.1) is 5.56 Å². The first-order chi connectivity index (χ1) is 14.5. The zero-order valence-electron chi connectivity index (χ0n) is 18.7. The number of ether oxygens (including phenoxy) is 3. The number of methoxy groups -OCH3 is 1. The third kappa shape index (κ3) is 4.20. The predicted octanol–water partition coefficient (Wildman–Crippen LogP) is 4.32. The Kier molecular flexibility index (Phi) is 7.28. The molecule has 0 atom stereocenters. The van der Waals surface area contributed by atoms with Gasteiger partial charge in [-0.2, -0.15) is 0 Å². The summed E-state index contributed by atoms with van der Waals surface area (Å²) in [5, 5.41) is 20.4. The van der Waals surface area contributed by atoms with E-state index in [1.165, 1.54) is 14.0 Å². The van der Waals surface area contributed by atoms with Gasteiger partial charge in [0.1, 0.15) is 17.1 Å². The van der Waals surface area contributed by atoms with Crippen molar-refractivity contribution in [2.24, 2.45) is 0 Å². The first-order valence-electron chi connectivity index (χ1n) is 9.70. The maximum atomic E-state index is 14.4. The molecule has 0 aliphatic heterocycles. The monoisotopic (exact) mass is 434 g/mol. The van der Waals surface area contributed by atoms with Crippen molar-refractivity contribution in [3.05, 3.63) is 50.3 Å². The van der Waals surface area contributed by atoms with Crippen molar-refractivity contribution in [2.75, 3.05) is 13.9 Å². The zero-order valence-corrected chi connectivity index (χ0v) is 18.7. The van der Waals surface area contributed by atoms with Gasteiger partial charge in [0.2, 0.25) is 0 Å². The predicted molar refractivity (Wildman–Crippen MR) is 111 cm³/mol. The van der Waals surface area contributed by atoms with Gasteiger partial charge in [0.15, 0.2) is 18.4 Å². The van der Waals surface area contributed by atoms with Crippen molar-refractivity contribution >= 4 is 11.9 Å². The molecule has 0 fully saturated rings. The summed E-state index contributed by atoms with van der Waals surface area (Å²) in [5.41, 5.74) is 1.84. The molecule has 7 nitrogen and oxygen atoms in total. The van der Waals surface area contributed by atoms with Gasteiger partial charge < -0.3 is 24.4 Å². The number of halogens is 1. The fourth-order valence-electron chi connectivity index (χ4n) is 3.51. The molecule has 0 heterocycles. The quantitative estimate of drug-likeness (QED) is 0.396. The van der Waals surface area contributed by atoms with Crippen LogP contribution < -0.4 is 4.74 Å². The van der Waals surface area contributed by atoms with E-state index >= 15 is 0 Å². The lowest BCUT2D eigenvalue weighted by Crippen LogP contribution is -2.17. The summed E-state index contributed by atoms with van der Waals surface area (Å²) in [5.74, 6) is -3.53. The Morgan fingerprint density at radius 3 is 1.87 bits per heavy atom. The highest BCUT2D eigenvalue weighted by molar-refractivity contribution is 5.98. The Balaban J connectivity index is 2.57.